The van der Waals surface area contributed by atoms with E-state index in [0.717, 1.165) is 5.56 Å². The van der Waals surface area contributed by atoms with Gasteiger partial charge in [0.2, 0.25) is 5.78 Å². The van der Waals surface area contributed by atoms with Gasteiger partial charge in [-0.25, -0.2) is 4.68 Å². The average Bonchev–Trinajstić information content (AvgIpc) is 3.15. The topological polar surface area (TPSA) is 134 Å². The van der Waals surface area contributed by atoms with E-state index in [1.807, 2.05) is 0 Å². The number of carbonyl (C=O) groups excluding carboxylic acids is 1. The highest BCUT2D eigenvalue weighted by molar-refractivity contribution is 6.05. The average molecular weight is 379 g/mol. The summed E-state index contributed by atoms with van der Waals surface area (Å²) in [5.74, 6) is -0.367. The molecule has 0 radical (unpaired) electrons. The van der Waals surface area contributed by atoms with Gasteiger partial charge in [0.15, 0.2) is 5.69 Å². The van der Waals surface area contributed by atoms with Gasteiger partial charge in [0, 0.05) is 24.3 Å². The molecule has 10 heteroatoms. The number of nitro groups is 2. The Hall–Kier alpha value is -4.21. The number of nitrogens with zero attached hydrogens (tertiary/aromatic N) is 5. The third kappa shape index (κ3) is 4.49. The number of hydrogen-bond donors (Lipinski definition) is 0. The van der Waals surface area contributed by atoms with E-state index in [-0.39, 0.29) is 22.9 Å². The van der Waals surface area contributed by atoms with E-state index in [1.54, 1.807) is 12.1 Å². The predicted molar refractivity (Wildman–Crippen MR) is 98.7 cm³/mol. The molecule has 140 valence electrons. The van der Waals surface area contributed by atoms with Crippen molar-refractivity contribution < 1.29 is 14.6 Å². The third-order valence-electron chi connectivity index (χ3n) is 3.81. The van der Waals surface area contributed by atoms with Gasteiger partial charge in [0.25, 0.3) is 11.4 Å². The van der Waals surface area contributed by atoms with Crippen molar-refractivity contribution in [3.8, 4) is 0 Å². The minimum Gasteiger partial charge on any atom is -0.287 e. The lowest BCUT2D eigenvalue weighted by Crippen LogP contribution is -2.00. The molecule has 0 aliphatic rings. The quantitative estimate of drug-likeness (QED) is 0.266. The predicted octanol–water partition coefficient (Wildman–Crippen LogP) is 3.04. The maximum atomic E-state index is 12.2. The Morgan fingerprint density at radius 1 is 0.964 bits per heavy atom. The van der Waals surface area contributed by atoms with Crippen LogP contribution < -0.4 is 0 Å². The van der Waals surface area contributed by atoms with Crippen LogP contribution >= 0.6 is 0 Å². The summed E-state index contributed by atoms with van der Waals surface area (Å²) >= 11 is 0. The number of allylic oxidation sites excluding steroid dienone is 1. The fraction of sp³-hybridized carbons (Fsp3) is 0.0556. The van der Waals surface area contributed by atoms with Crippen molar-refractivity contribution in [2.45, 2.75) is 6.54 Å². The van der Waals surface area contributed by atoms with E-state index in [1.165, 1.54) is 59.4 Å². The van der Waals surface area contributed by atoms with Crippen molar-refractivity contribution >= 4 is 23.2 Å². The number of carbonyl (C=O) groups is 1. The van der Waals surface area contributed by atoms with Crippen LogP contribution in [0.5, 0.6) is 0 Å². The number of benzene rings is 2. The zero-order valence-electron chi connectivity index (χ0n) is 14.3. The van der Waals surface area contributed by atoms with Crippen LogP contribution in [0, 0.1) is 20.2 Å². The summed E-state index contributed by atoms with van der Waals surface area (Å²) in [6, 6.07) is 11.8. The number of rotatable bonds is 7. The largest absolute Gasteiger partial charge is 0.287 e. The Balaban J connectivity index is 1.64. The lowest BCUT2D eigenvalue weighted by atomic mass is 10.1. The van der Waals surface area contributed by atoms with E-state index in [0.29, 0.717) is 12.1 Å². The van der Waals surface area contributed by atoms with Gasteiger partial charge in [0.05, 0.1) is 22.6 Å². The summed E-state index contributed by atoms with van der Waals surface area (Å²) < 4.78 is 1.45. The van der Waals surface area contributed by atoms with Crippen LogP contribution in [0.1, 0.15) is 21.6 Å². The minimum atomic E-state index is -0.498. The summed E-state index contributed by atoms with van der Waals surface area (Å²) in [6.45, 7) is 0.310. The summed E-state index contributed by atoms with van der Waals surface area (Å²) in [5.41, 5.74) is 1.51. The molecule has 10 nitrogen and oxygen atoms in total. The number of nitro benzene ring substituents is 2. The maximum absolute atomic E-state index is 12.2. The highest BCUT2D eigenvalue weighted by Crippen LogP contribution is 2.14. The third-order valence-corrected chi connectivity index (χ3v) is 3.81. The summed E-state index contributed by atoms with van der Waals surface area (Å²) in [7, 11) is 0. The molecule has 0 saturated carbocycles. The molecule has 28 heavy (non-hydrogen) atoms. The molecule has 0 fully saturated rings. The Bertz CT molecular complexity index is 1050. The molecule has 0 spiro atoms. The van der Waals surface area contributed by atoms with Crippen molar-refractivity contribution in [2.24, 2.45) is 0 Å². The Kier molecular flexibility index (Phi) is 5.30. The fourth-order valence-corrected chi connectivity index (χ4v) is 2.36. The van der Waals surface area contributed by atoms with Crippen LogP contribution in [0.15, 0.2) is 60.8 Å². The summed E-state index contributed by atoms with van der Waals surface area (Å²) in [6.07, 6.45) is 4.31. The smallest absolute Gasteiger partial charge is 0.269 e. The van der Waals surface area contributed by atoms with Gasteiger partial charge < -0.3 is 0 Å². The molecule has 0 unspecified atom stereocenters. The van der Waals surface area contributed by atoms with Gasteiger partial charge >= 0.3 is 0 Å². The fourth-order valence-electron chi connectivity index (χ4n) is 2.36. The van der Waals surface area contributed by atoms with Gasteiger partial charge in [-0.3, -0.25) is 25.0 Å². The first-order valence-corrected chi connectivity index (χ1v) is 8.03. The second-order valence-corrected chi connectivity index (χ2v) is 5.77. The molecule has 0 N–H and O–H groups in total. The van der Waals surface area contributed by atoms with Crippen LogP contribution in [0.2, 0.25) is 0 Å². The first-order valence-electron chi connectivity index (χ1n) is 8.03. The summed E-state index contributed by atoms with van der Waals surface area (Å²) in [4.78, 5) is 32.5. The monoisotopic (exact) mass is 379 g/mol. The lowest BCUT2D eigenvalue weighted by Gasteiger charge is -2.00. The van der Waals surface area contributed by atoms with Crippen molar-refractivity contribution in [3.05, 3.63) is 97.9 Å². The van der Waals surface area contributed by atoms with Crippen LogP contribution in [-0.4, -0.2) is 30.6 Å². The van der Waals surface area contributed by atoms with E-state index in [4.69, 9.17) is 0 Å². The second kappa shape index (κ2) is 7.99. The molecule has 0 saturated heterocycles. The molecule has 0 aliphatic heterocycles. The van der Waals surface area contributed by atoms with Crippen molar-refractivity contribution in [1.29, 1.82) is 0 Å². The van der Waals surface area contributed by atoms with E-state index in [9.17, 15) is 25.0 Å². The molecular weight excluding hydrogens is 366 g/mol. The highest BCUT2D eigenvalue weighted by Gasteiger charge is 2.09. The van der Waals surface area contributed by atoms with Crippen molar-refractivity contribution in [1.82, 2.24) is 15.0 Å². The van der Waals surface area contributed by atoms with Crippen LogP contribution in [-0.2, 0) is 6.54 Å². The molecular formula is C18H13N5O5. The van der Waals surface area contributed by atoms with Gasteiger partial charge in [-0.1, -0.05) is 23.4 Å². The SMILES string of the molecule is O=C(/C=C/c1ccc([N+](=O)[O-])cc1)c1cn(Cc2ccc([N+](=O)[O-])cc2)nn1. The first kappa shape index (κ1) is 18.6. The number of aromatic nitrogens is 3. The normalized spacial score (nSPS) is 10.9. The Morgan fingerprint density at radius 2 is 1.54 bits per heavy atom. The zero-order chi connectivity index (χ0) is 20.1. The first-order chi connectivity index (χ1) is 13.4. The molecule has 0 bridgehead atoms. The van der Waals surface area contributed by atoms with Crippen LogP contribution in [0.25, 0.3) is 6.08 Å². The molecule has 1 aromatic heterocycles. The maximum Gasteiger partial charge on any atom is 0.269 e. The number of ketones is 1. The van der Waals surface area contributed by atoms with Crippen LogP contribution in [0.4, 0.5) is 11.4 Å². The molecule has 2 aromatic carbocycles. The minimum absolute atomic E-state index is 0.00501. The second-order valence-electron chi connectivity index (χ2n) is 5.77. The molecule has 3 aromatic rings. The molecule has 0 aliphatic carbocycles. The summed E-state index contributed by atoms with van der Waals surface area (Å²) in [5, 5.41) is 29.0. The lowest BCUT2D eigenvalue weighted by molar-refractivity contribution is -0.385. The Morgan fingerprint density at radius 3 is 2.11 bits per heavy atom. The van der Waals surface area contributed by atoms with Gasteiger partial charge in [-0.15, -0.1) is 5.10 Å². The number of non-ortho nitro benzene ring substituents is 2. The molecule has 3 rings (SSSR count). The van der Waals surface area contributed by atoms with E-state index >= 15 is 0 Å². The van der Waals surface area contributed by atoms with Gasteiger partial charge in [-0.05, 0) is 29.3 Å². The van der Waals surface area contributed by atoms with E-state index < -0.39 is 9.85 Å². The van der Waals surface area contributed by atoms with Crippen molar-refractivity contribution in [3.63, 3.8) is 0 Å². The van der Waals surface area contributed by atoms with Crippen molar-refractivity contribution in [2.75, 3.05) is 0 Å². The molecule has 0 atom stereocenters. The van der Waals surface area contributed by atoms with Gasteiger partial charge in [0.1, 0.15) is 0 Å². The van der Waals surface area contributed by atoms with Gasteiger partial charge in [-0.2, -0.15) is 0 Å². The standard InChI is InChI=1S/C18H13N5O5/c24-18(10-5-13-1-6-15(7-2-13)22(25)26)17-12-21(20-19-17)11-14-3-8-16(9-4-14)23(27)28/h1-10,12H,11H2/b10-5+. The number of hydrogen-bond acceptors (Lipinski definition) is 7. The molecule has 0 amide bonds. The van der Waals surface area contributed by atoms with E-state index in [2.05, 4.69) is 10.3 Å². The zero-order valence-corrected chi connectivity index (χ0v) is 14.3. The van der Waals surface area contributed by atoms with Crippen LogP contribution in [0.3, 0.4) is 0 Å². The molecule has 1 heterocycles. The highest BCUT2D eigenvalue weighted by atomic mass is 16.6. The Labute approximate surface area is 158 Å².